The van der Waals surface area contributed by atoms with Crippen LogP contribution in [-0.2, 0) is 16.0 Å². The van der Waals surface area contributed by atoms with E-state index >= 15 is 0 Å². The van der Waals surface area contributed by atoms with Crippen molar-refractivity contribution in [1.82, 2.24) is 10.3 Å². The third-order valence-corrected chi connectivity index (χ3v) is 4.25. The van der Waals surface area contributed by atoms with Crippen LogP contribution in [0.1, 0.15) is 43.9 Å². The highest BCUT2D eigenvalue weighted by Crippen LogP contribution is 2.32. The Kier molecular flexibility index (Phi) is 4.60. The lowest BCUT2D eigenvalue weighted by molar-refractivity contribution is -0.149. The van der Waals surface area contributed by atoms with Gasteiger partial charge in [0.05, 0.1) is 6.42 Å². The largest absolute Gasteiger partial charge is 0.480 e. The van der Waals surface area contributed by atoms with Crippen molar-refractivity contribution in [3.8, 4) is 0 Å². The number of carbonyl (C=O) groups is 2. The van der Waals surface area contributed by atoms with Crippen LogP contribution in [0.4, 0.5) is 0 Å². The number of nitrogens with zero attached hydrogens (tertiary/aromatic N) is 1. The summed E-state index contributed by atoms with van der Waals surface area (Å²) >= 11 is 0. The maximum atomic E-state index is 12.2. The van der Waals surface area contributed by atoms with Gasteiger partial charge in [-0.25, -0.2) is 4.79 Å². The molecule has 1 aliphatic rings. The standard InChI is InChI=1S/C16H22N2O3/c1-11-5-7-16(8-6-11,15(20)21)18-14(19)9-13-4-3-12(2)17-10-13/h3-4,10-11H,5-9H2,1-2H3,(H,18,19)(H,20,21). The van der Waals surface area contributed by atoms with Gasteiger partial charge in [-0.3, -0.25) is 9.78 Å². The molecular formula is C16H22N2O3. The van der Waals surface area contributed by atoms with Crippen LogP contribution >= 0.6 is 0 Å². The van der Waals surface area contributed by atoms with Crippen molar-refractivity contribution < 1.29 is 14.7 Å². The van der Waals surface area contributed by atoms with Crippen molar-refractivity contribution >= 4 is 11.9 Å². The first-order valence-corrected chi connectivity index (χ1v) is 7.37. The van der Waals surface area contributed by atoms with Crippen molar-refractivity contribution in [3.05, 3.63) is 29.6 Å². The molecule has 1 saturated carbocycles. The predicted molar refractivity (Wildman–Crippen MR) is 78.8 cm³/mol. The zero-order valence-corrected chi connectivity index (χ0v) is 12.6. The minimum Gasteiger partial charge on any atom is -0.480 e. The number of hydrogen-bond acceptors (Lipinski definition) is 3. The van der Waals surface area contributed by atoms with Crippen LogP contribution in [0.25, 0.3) is 0 Å². The van der Waals surface area contributed by atoms with Crippen LogP contribution in [0.15, 0.2) is 18.3 Å². The van der Waals surface area contributed by atoms with E-state index in [4.69, 9.17) is 0 Å². The van der Waals surface area contributed by atoms with Crippen molar-refractivity contribution in [2.45, 2.75) is 51.5 Å². The van der Waals surface area contributed by atoms with Crippen LogP contribution < -0.4 is 5.32 Å². The fourth-order valence-corrected chi connectivity index (χ4v) is 2.75. The van der Waals surface area contributed by atoms with E-state index in [2.05, 4.69) is 17.2 Å². The quantitative estimate of drug-likeness (QED) is 0.890. The number of pyridine rings is 1. The van der Waals surface area contributed by atoms with E-state index in [-0.39, 0.29) is 12.3 Å². The van der Waals surface area contributed by atoms with Gasteiger partial charge in [0.25, 0.3) is 0 Å². The summed E-state index contributed by atoms with van der Waals surface area (Å²) in [5.41, 5.74) is 0.590. The van der Waals surface area contributed by atoms with Gasteiger partial charge in [0.15, 0.2) is 0 Å². The lowest BCUT2D eigenvalue weighted by atomic mass is 9.77. The maximum Gasteiger partial charge on any atom is 0.329 e. The Labute approximate surface area is 124 Å². The molecular weight excluding hydrogens is 268 g/mol. The molecule has 0 bridgehead atoms. The summed E-state index contributed by atoms with van der Waals surface area (Å²) in [5, 5.41) is 12.2. The second kappa shape index (κ2) is 6.24. The Morgan fingerprint density at radius 2 is 2.05 bits per heavy atom. The maximum absolute atomic E-state index is 12.2. The molecule has 2 rings (SSSR count). The monoisotopic (exact) mass is 290 g/mol. The first kappa shape index (κ1) is 15.5. The summed E-state index contributed by atoms with van der Waals surface area (Å²) in [5.74, 6) is -0.655. The van der Waals surface area contributed by atoms with Gasteiger partial charge in [-0.05, 0) is 50.2 Å². The minimum atomic E-state index is -1.10. The molecule has 1 heterocycles. The third kappa shape index (κ3) is 3.80. The molecule has 1 fully saturated rings. The summed E-state index contributed by atoms with van der Waals surface area (Å²) in [7, 11) is 0. The zero-order chi connectivity index (χ0) is 15.5. The highest BCUT2D eigenvalue weighted by atomic mass is 16.4. The number of carbonyl (C=O) groups excluding carboxylic acids is 1. The molecule has 0 unspecified atom stereocenters. The molecule has 5 heteroatoms. The van der Waals surface area contributed by atoms with Crippen LogP contribution in [0.3, 0.4) is 0 Å². The SMILES string of the molecule is Cc1ccc(CC(=O)NC2(C(=O)O)CCC(C)CC2)cn1. The molecule has 114 valence electrons. The molecule has 5 nitrogen and oxygen atoms in total. The van der Waals surface area contributed by atoms with E-state index in [1.165, 1.54) is 0 Å². The van der Waals surface area contributed by atoms with Gasteiger partial charge in [0.1, 0.15) is 5.54 Å². The van der Waals surface area contributed by atoms with Crippen LogP contribution in [0, 0.1) is 12.8 Å². The molecule has 2 N–H and O–H groups in total. The Morgan fingerprint density at radius 1 is 1.38 bits per heavy atom. The molecule has 1 amide bonds. The second-order valence-electron chi connectivity index (χ2n) is 6.10. The number of aromatic nitrogens is 1. The topological polar surface area (TPSA) is 79.3 Å². The van der Waals surface area contributed by atoms with E-state index in [0.29, 0.717) is 18.8 Å². The molecule has 1 aliphatic carbocycles. The molecule has 1 aromatic rings. The van der Waals surface area contributed by atoms with Gasteiger partial charge >= 0.3 is 5.97 Å². The number of nitrogens with one attached hydrogen (secondary N) is 1. The Balaban J connectivity index is 2.02. The van der Waals surface area contributed by atoms with Crippen LogP contribution in [-0.4, -0.2) is 27.5 Å². The van der Waals surface area contributed by atoms with Gasteiger partial charge in [0, 0.05) is 11.9 Å². The van der Waals surface area contributed by atoms with Crippen molar-refractivity contribution in [2.75, 3.05) is 0 Å². The Bertz CT molecular complexity index is 517. The summed E-state index contributed by atoms with van der Waals surface area (Å²) in [6, 6.07) is 3.69. The summed E-state index contributed by atoms with van der Waals surface area (Å²) in [6.45, 7) is 4.00. The van der Waals surface area contributed by atoms with Gasteiger partial charge in [0.2, 0.25) is 5.91 Å². The summed E-state index contributed by atoms with van der Waals surface area (Å²) in [4.78, 5) is 27.9. The van der Waals surface area contributed by atoms with Crippen molar-refractivity contribution in [1.29, 1.82) is 0 Å². The highest BCUT2D eigenvalue weighted by molar-refractivity contribution is 5.88. The number of carboxylic acid groups (broad SMARTS) is 1. The van der Waals surface area contributed by atoms with Crippen molar-refractivity contribution in [2.24, 2.45) is 5.92 Å². The van der Waals surface area contributed by atoms with E-state index in [9.17, 15) is 14.7 Å². The number of rotatable bonds is 4. The molecule has 0 radical (unpaired) electrons. The molecule has 21 heavy (non-hydrogen) atoms. The number of aryl methyl sites for hydroxylation is 1. The van der Waals surface area contributed by atoms with Crippen LogP contribution in [0.2, 0.25) is 0 Å². The Hall–Kier alpha value is -1.91. The smallest absolute Gasteiger partial charge is 0.329 e. The molecule has 0 aliphatic heterocycles. The lowest BCUT2D eigenvalue weighted by Gasteiger charge is -2.36. The number of amides is 1. The fraction of sp³-hybridized carbons (Fsp3) is 0.562. The first-order valence-electron chi connectivity index (χ1n) is 7.37. The van der Waals surface area contributed by atoms with E-state index in [1.54, 1.807) is 6.20 Å². The molecule has 0 atom stereocenters. The molecule has 1 aromatic heterocycles. The average molecular weight is 290 g/mol. The average Bonchev–Trinajstić information content (AvgIpc) is 2.44. The molecule has 0 aromatic carbocycles. The lowest BCUT2D eigenvalue weighted by Crippen LogP contribution is -2.56. The summed E-state index contributed by atoms with van der Waals surface area (Å²) < 4.78 is 0. The van der Waals surface area contributed by atoms with Crippen LogP contribution in [0.5, 0.6) is 0 Å². The number of aliphatic carboxylic acids is 1. The van der Waals surface area contributed by atoms with Gasteiger partial charge in [-0.1, -0.05) is 13.0 Å². The number of carboxylic acids is 1. The minimum absolute atomic E-state index is 0.165. The highest BCUT2D eigenvalue weighted by Gasteiger charge is 2.42. The molecule has 0 spiro atoms. The fourth-order valence-electron chi connectivity index (χ4n) is 2.75. The van der Waals surface area contributed by atoms with E-state index in [1.807, 2.05) is 19.1 Å². The predicted octanol–water partition coefficient (Wildman–Crippen LogP) is 2.08. The second-order valence-corrected chi connectivity index (χ2v) is 6.10. The van der Waals surface area contributed by atoms with Crippen molar-refractivity contribution in [3.63, 3.8) is 0 Å². The van der Waals surface area contributed by atoms with E-state index < -0.39 is 11.5 Å². The molecule has 0 saturated heterocycles. The summed E-state index contributed by atoms with van der Waals surface area (Å²) in [6.07, 6.45) is 4.49. The normalized spacial score (nSPS) is 25.3. The number of hydrogen-bond donors (Lipinski definition) is 2. The Morgan fingerprint density at radius 3 is 2.57 bits per heavy atom. The zero-order valence-electron chi connectivity index (χ0n) is 12.6. The van der Waals surface area contributed by atoms with Gasteiger partial charge < -0.3 is 10.4 Å². The van der Waals surface area contributed by atoms with Gasteiger partial charge in [-0.15, -0.1) is 0 Å². The van der Waals surface area contributed by atoms with Gasteiger partial charge in [-0.2, -0.15) is 0 Å². The van der Waals surface area contributed by atoms with E-state index in [0.717, 1.165) is 24.1 Å². The third-order valence-electron chi connectivity index (χ3n) is 4.25. The first-order chi connectivity index (χ1) is 9.91.